The first-order chi connectivity index (χ1) is 11.5. The topological polar surface area (TPSA) is 57.1 Å². The van der Waals surface area contributed by atoms with Gasteiger partial charge in [0.15, 0.2) is 0 Å². The second-order valence-corrected chi connectivity index (χ2v) is 5.44. The van der Waals surface area contributed by atoms with Gasteiger partial charge in [0.1, 0.15) is 12.9 Å². The minimum Gasteiger partial charge on any atom is -0.469 e. The standard InChI is InChI=1S/C18H18ClNO4/c1-12-10-14(19)8-9-16(12)24-18(20-23-3)15-7-5-4-6-13(15)11-17(21)22-2/h4-10H,11H2,1-3H3/b20-18+. The van der Waals surface area contributed by atoms with E-state index in [0.29, 0.717) is 16.3 Å². The van der Waals surface area contributed by atoms with Crippen LogP contribution in [0.15, 0.2) is 47.6 Å². The molecule has 0 aromatic heterocycles. The Labute approximate surface area is 145 Å². The Balaban J connectivity index is 2.38. The molecule has 0 saturated carbocycles. The number of esters is 1. The Hall–Kier alpha value is -2.53. The maximum absolute atomic E-state index is 11.6. The highest BCUT2D eigenvalue weighted by Gasteiger charge is 2.16. The van der Waals surface area contributed by atoms with Crippen LogP contribution in [0, 0.1) is 6.92 Å². The van der Waals surface area contributed by atoms with Crippen LogP contribution in [-0.4, -0.2) is 26.1 Å². The van der Waals surface area contributed by atoms with Gasteiger partial charge >= 0.3 is 5.97 Å². The van der Waals surface area contributed by atoms with Crippen LogP contribution in [0.3, 0.4) is 0 Å². The molecular formula is C18H18ClNO4. The molecular weight excluding hydrogens is 330 g/mol. The SMILES string of the molecule is CO/N=C(/Oc1ccc(Cl)cc1C)c1ccccc1CC(=O)OC. The summed E-state index contributed by atoms with van der Waals surface area (Å²) in [7, 11) is 2.78. The average molecular weight is 348 g/mol. The Morgan fingerprint density at radius 1 is 1.17 bits per heavy atom. The minimum absolute atomic E-state index is 0.109. The van der Waals surface area contributed by atoms with Crippen LogP contribution in [-0.2, 0) is 20.8 Å². The van der Waals surface area contributed by atoms with Gasteiger partial charge in [0, 0.05) is 10.6 Å². The third-order valence-electron chi connectivity index (χ3n) is 3.33. The smallest absolute Gasteiger partial charge is 0.310 e. The molecule has 6 heteroatoms. The zero-order valence-electron chi connectivity index (χ0n) is 13.7. The Morgan fingerprint density at radius 2 is 1.92 bits per heavy atom. The first-order valence-electron chi connectivity index (χ1n) is 7.25. The third-order valence-corrected chi connectivity index (χ3v) is 3.56. The molecule has 2 aromatic rings. The molecule has 0 heterocycles. The highest BCUT2D eigenvalue weighted by Crippen LogP contribution is 2.24. The fourth-order valence-electron chi connectivity index (χ4n) is 2.15. The number of ether oxygens (including phenoxy) is 2. The molecule has 2 rings (SSSR count). The number of aryl methyl sites for hydroxylation is 1. The quantitative estimate of drug-likeness (QED) is 0.358. The highest BCUT2D eigenvalue weighted by atomic mass is 35.5. The lowest BCUT2D eigenvalue weighted by atomic mass is 10.0. The minimum atomic E-state index is -0.345. The van der Waals surface area contributed by atoms with Crippen molar-refractivity contribution in [2.24, 2.45) is 5.16 Å². The molecule has 5 nitrogen and oxygen atoms in total. The number of hydrogen-bond acceptors (Lipinski definition) is 5. The van der Waals surface area contributed by atoms with Crippen molar-refractivity contribution in [3.05, 3.63) is 64.2 Å². The largest absolute Gasteiger partial charge is 0.469 e. The maximum atomic E-state index is 11.6. The lowest BCUT2D eigenvalue weighted by Crippen LogP contribution is -2.16. The van der Waals surface area contributed by atoms with Crippen molar-refractivity contribution in [2.45, 2.75) is 13.3 Å². The summed E-state index contributed by atoms with van der Waals surface area (Å²) in [6.07, 6.45) is 0.109. The van der Waals surface area contributed by atoms with Crippen molar-refractivity contribution >= 4 is 23.5 Å². The predicted molar refractivity (Wildman–Crippen MR) is 92.5 cm³/mol. The van der Waals surface area contributed by atoms with Crippen LogP contribution in [0.1, 0.15) is 16.7 Å². The molecule has 0 amide bonds. The number of benzene rings is 2. The van der Waals surface area contributed by atoms with E-state index in [1.54, 1.807) is 24.3 Å². The van der Waals surface area contributed by atoms with E-state index in [-0.39, 0.29) is 18.3 Å². The van der Waals surface area contributed by atoms with Gasteiger partial charge in [-0.25, -0.2) is 0 Å². The lowest BCUT2D eigenvalue weighted by Gasteiger charge is -2.13. The fraction of sp³-hybridized carbons (Fsp3) is 0.222. The number of oxime groups is 1. The summed E-state index contributed by atoms with van der Waals surface area (Å²) in [4.78, 5) is 16.5. The molecule has 0 bridgehead atoms. The molecule has 0 N–H and O–H groups in total. The molecule has 126 valence electrons. The van der Waals surface area contributed by atoms with Gasteiger partial charge in [-0.3, -0.25) is 4.79 Å². The van der Waals surface area contributed by atoms with Crippen LogP contribution in [0.25, 0.3) is 0 Å². The Morgan fingerprint density at radius 3 is 2.58 bits per heavy atom. The molecule has 0 atom stereocenters. The van der Waals surface area contributed by atoms with Crippen molar-refractivity contribution < 1.29 is 19.1 Å². The summed E-state index contributed by atoms with van der Waals surface area (Å²) in [6, 6.07) is 12.6. The van der Waals surface area contributed by atoms with Gasteiger partial charge in [0.2, 0.25) is 0 Å². The maximum Gasteiger partial charge on any atom is 0.310 e. The summed E-state index contributed by atoms with van der Waals surface area (Å²) < 4.78 is 10.6. The van der Waals surface area contributed by atoms with Gasteiger partial charge in [0.25, 0.3) is 5.90 Å². The predicted octanol–water partition coefficient (Wildman–Crippen LogP) is 3.75. The molecule has 0 fully saturated rings. The summed E-state index contributed by atoms with van der Waals surface area (Å²) in [6.45, 7) is 1.88. The molecule has 0 aliphatic carbocycles. The molecule has 0 aliphatic rings. The number of methoxy groups -OCH3 is 1. The van der Waals surface area contributed by atoms with E-state index < -0.39 is 0 Å². The normalized spacial score (nSPS) is 11.1. The van der Waals surface area contributed by atoms with E-state index in [4.69, 9.17) is 25.9 Å². The van der Waals surface area contributed by atoms with Crippen molar-refractivity contribution in [2.75, 3.05) is 14.2 Å². The Bertz CT molecular complexity index is 758. The van der Waals surface area contributed by atoms with Crippen LogP contribution in [0.2, 0.25) is 5.02 Å². The van der Waals surface area contributed by atoms with Crippen LogP contribution < -0.4 is 4.74 Å². The molecule has 0 aliphatic heterocycles. The number of carbonyl (C=O) groups excluding carboxylic acids is 1. The molecule has 0 radical (unpaired) electrons. The van der Waals surface area contributed by atoms with Crippen LogP contribution in [0.5, 0.6) is 5.75 Å². The molecule has 2 aromatic carbocycles. The van der Waals surface area contributed by atoms with Gasteiger partial charge in [-0.1, -0.05) is 29.8 Å². The van der Waals surface area contributed by atoms with E-state index in [0.717, 1.165) is 11.1 Å². The van der Waals surface area contributed by atoms with E-state index >= 15 is 0 Å². The van der Waals surface area contributed by atoms with Crippen LogP contribution in [0.4, 0.5) is 0 Å². The summed E-state index contributed by atoms with van der Waals surface area (Å²) in [5.41, 5.74) is 2.24. The van der Waals surface area contributed by atoms with E-state index in [1.807, 2.05) is 25.1 Å². The molecule has 0 saturated heterocycles. The first kappa shape index (κ1) is 17.8. The molecule has 24 heavy (non-hydrogen) atoms. The monoisotopic (exact) mass is 347 g/mol. The summed E-state index contributed by atoms with van der Waals surface area (Å²) >= 11 is 5.97. The van der Waals surface area contributed by atoms with Gasteiger partial charge in [-0.2, -0.15) is 0 Å². The van der Waals surface area contributed by atoms with Gasteiger partial charge in [-0.15, -0.1) is 0 Å². The lowest BCUT2D eigenvalue weighted by molar-refractivity contribution is -0.139. The first-order valence-corrected chi connectivity index (χ1v) is 7.63. The van der Waals surface area contributed by atoms with Crippen molar-refractivity contribution in [3.8, 4) is 5.75 Å². The zero-order valence-corrected chi connectivity index (χ0v) is 14.5. The summed E-state index contributed by atoms with van der Waals surface area (Å²) in [5.74, 6) is 0.507. The van der Waals surface area contributed by atoms with Crippen molar-refractivity contribution in [1.29, 1.82) is 0 Å². The number of halogens is 1. The average Bonchev–Trinajstić information content (AvgIpc) is 2.57. The van der Waals surface area contributed by atoms with Gasteiger partial charge in [0.05, 0.1) is 13.5 Å². The fourth-order valence-corrected chi connectivity index (χ4v) is 2.37. The second-order valence-electron chi connectivity index (χ2n) is 5.00. The number of carbonyl (C=O) groups is 1. The van der Waals surface area contributed by atoms with Gasteiger partial charge < -0.3 is 14.3 Å². The van der Waals surface area contributed by atoms with E-state index in [2.05, 4.69) is 5.16 Å². The highest BCUT2D eigenvalue weighted by molar-refractivity contribution is 6.30. The number of hydrogen-bond donors (Lipinski definition) is 0. The number of rotatable bonds is 5. The zero-order chi connectivity index (χ0) is 17.5. The summed E-state index contributed by atoms with van der Waals surface area (Å²) in [5, 5.41) is 4.58. The molecule has 0 spiro atoms. The third kappa shape index (κ3) is 4.49. The van der Waals surface area contributed by atoms with E-state index in [1.165, 1.54) is 14.2 Å². The van der Waals surface area contributed by atoms with Crippen molar-refractivity contribution in [3.63, 3.8) is 0 Å². The molecule has 0 unspecified atom stereocenters. The van der Waals surface area contributed by atoms with Crippen LogP contribution >= 0.6 is 11.6 Å². The van der Waals surface area contributed by atoms with Crippen molar-refractivity contribution in [1.82, 2.24) is 0 Å². The Kier molecular flexibility index (Phi) is 6.21. The second kappa shape index (κ2) is 8.36. The van der Waals surface area contributed by atoms with E-state index in [9.17, 15) is 4.79 Å². The number of nitrogens with zero attached hydrogens (tertiary/aromatic N) is 1. The van der Waals surface area contributed by atoms with Gasteiger partial charge in [-0.05, 0) is 47.5 Å².